The summed E-state index contributed by atoms with van der Waals surface area (Å²) in [6.45, 7) is 5.45. The fourth-order valence-corrected chi connectivity index (χ4v) is 4.33. The Bertz CT molecular complexity index is 537. The van der Waals surface area contributed by atoms with E-state index >= 15 is 0 Å². The van der Waals surface area contributed by atoms with Gasteiger partial charge in [-0.2, -0.15) is 5.26 Å². The van der Waals surface area contributed by atoms with Gasteiger partial charge in [-0.3, -0.25) is 0 Å². The minimum atomic E-state index is 0.712. The summed E-state index contributed by atoms with van der Waals surface area (Å²) in [5.41, 5.74) is 1.81. The number of nitrogens with zero attached hydrogens (tertiary/aromatic N) is 2. The summed E-state index contributed by atoms with van der Waals surface area (Å²) in [6, 6.07) is 9.84. The number of piperidine rings is 1. The molecule has 1 aliphatic heterocycles. The smallest absolute Gasteiger partial charge is 0.0991 e. The molecule has 24 heavy (non-hydrogen) atoms. The lowest BCUT2D eigenvalue weighted by atomic mass is 9.83. The topological polar surface area (TPSA) is 48.3 Å². The first-order valence-corrected chi connectivity index (χ1v) is 9.09. The molecule has 1 saturated carbocycles. The van der Waals surface area contributed by atoms with E-state index in [-0.39, 0.29) is 0 Å². The van der Waals surface area contributed by atoms with E-state index in [1.807, 2.05) is 24.3 Å². The molecule has 4 nitrogen and oxygen atoms in total. The molecule has 1 heterocycles. The molecule has 1 aliphatic carbocycles. The number of ether oxygens (including phenoxy) is 1. The molecule has 2 atom stereocenters. The van der Waals surface area contributed by atoms with Crippen LogP contribution >= 0.6 is 0 Å². The molecule has 2 unspecified atom stereocenters. The van der Waals surface area contributed by atoms with Gasteiger partial charge in [-0.25, -0.2) is 0 Å². The Kier molecular flexibility index (Phi) is 6.12. The Labute approximate surface area is 145 Å². The van der Waals surface area contributed by atoms with E-state index in [4.69, 9.17) is 10.00 Å². The Morgan fingerprint density at radius 3 is 2.58 bits per heavy atom. The summed E-state index contributed by atoms with van der Waals surface area (Å²) in [7, 11) is 1.79. The summed E-state index contributed by atoms with van der Waals surface area (Å²) < 4.78 is 5.24. The first kappa shape index (κ1) is 17.3. The zero-order valence-electron chi connectivity index (χ0n) is 14.6. The Morgan fingerprint density at radius 1 is 1.25 bits per heavy atom. The zero-order chi connectivity index (χ0) is 16.8. The van der Waals surface area contributed by atoms with E-state index in [2.05, 4.69) is 22.7 Å². The van der Waals surface area contributed by atoms with Crippen LogP contribution in [0.2, 0.25) is 0 Å². The predicted octanol–water partition coefficient (Wildman–Crippen LogP) is 3.17. The summed E-state index contributed by atoms with van der Waals surface area (Å²) in [5.74, 6) is 2.45. The number of hydrogen-bond acceptors (Lipinski definition) is 4. The minimum Gasteiger partial charge on any atom is -0.385 e. The third-order valence-corrected chi connectivity index (χ3v) is 5.51. The van der Waals surface area contributed by atoms with Crippen LogP contribution in [0.4, 0.5) is 5.69 Å². The molecule has 1 saturated heterocycles. The lowest BCUT2D eigenvalue weighted by molar-refractivity contribution is 0.111. The maximum absolute atomic E-state index is 8.82. The molecule has 3 rings (SSSR count). The van der Waals surface area contributed by atoms with Crippen LogP contribution in [0.15, 0.2) is 24.3 Å². The van der Waals surface area contributed by atoms with Crippen molar-refractivity contribution in [2.45, 2.75) is 19.3 Å². The van der Waals surface area contributed by atoms with Crippen LogP contribution < -0.4 is 5.32 Å². The van der Waals surface area contributed by atoms with Crippen LogP contribution in [-0.4, -0.2) is 44.8 Å². The van der Waals surface area contributed by atoms with Crippen LogP contribution in [0.25, 0.3) is 0 Å². The number of anilines is 1. The fourth-order valence-electron chi connectivity index (χ4n) is 4.33. The summed E-state index contributed by atoms with van der Waals surface area (Å²) in [5, 5.41) is 12.3. The van der Waals surface area contributed by atoms with Crippen LogP contribution in [0.5, 0.6) is 0 Å². The molecular weight excluding hydrogens is 298 g/mol. The second kappa shape index (κ2) is 8.50. The molecule has 1 aromatic rings. The number of rotatable bonds is 8. The maximum atomic E-state index is 8.82. The third-order valence-electron chi connectivity index (χ3n) is 5.51. The Hall–Kier alpha value is -1.57. The highest BCUT2D eigenvalue weighted by Crippen LogP contribution is 2.43. The molecule has 0 spiro atoms. The average molecular weight is 326 g/mol. The molecule has 0 amide bonds. The SMILES string of the molecule is COC[CH]C1C2CCC1CN(CCCNc1ccc(C#N)cc1)C2. The van der Waals surface area contributed by atoms with Crippen molar-refractivity contribution in [3.05, 3.63) is 36.2 Å². The van der Waals surface area contributed by atoms with Gasteiger partial charge in [0.1, 0.15) is 0 Å². The summed E-state index contributed by atoms with van der Waals surface area (Å²) >= 11 is 0. The van der Waals surface area contributed by atoms with Crippen molar-refractivity contribution in [3.8, 4) is 6.07 Å². The number of fused-ring (bicyclic) bond motifs is 2. The van der Waals surface area contributed by atoms with Crippen molar-refractivity contribution in [2.24, 2.45) is 17.8 Å². The van der Waals surface area contributed by atoms with Gasteiger partial charge in [0, 0.05) is 39.0 Å². The van der Waals surface area contributed by atoms with Crippen molar-refractivity contribution in [2.75, 3.05) is 45.2 Å². The zero-order valence-corrected chi connectivity index (χ0v) is 14.6. The van der Waals surface area contributed by atoms with Crippen molar-refractivity contribution in [1.82, 2.24) is 4.90 Å². The fraction of sp³-hybridized carbons (Fsp3) is 0.600. The molecule has 2 fully saturated rings. The number of likely N-dealkylation sites (tertiary alicyclic amines) is 1. The van der Waals surface area contributed by atoms with E-state index in [1.165, 1.54) is 32.5 Å². The first-order chi connectivity index (χ1) is 11.8. The van der Waals surface area contributed by atoms with E-state index in [0.717, 1.165) is 43.0 Å². The van der Waals surface area contributed by atoms with Crippen LogP contribution in [0.3, 0.4) is 0 Å². The highest BCUT2D eigenvalue weighted by molar-refractivity contribution is 5.47. The molecule has 1 radical (unpaired) electrons. The molecule has 4 heteroatoms. The van der Waals surface area contributed by atoms with E-state index < -0.39 is 0 Å². The van der Waals surface area contributed by atoms with Gasteiger partial charge in [0.2, 0.25) is 0 Å². The van der Waals surface area contributed by atoms with Crippen LogP contribution in [-0.2, 0) is 4.74 Å². The van der Waals surface area contributed by atoms with Crippen molar-refractivity contribution in [1.29, 1.82) is 5.26 Å². The average Bonchev–Trinajstić information content (AvgIpc) is 2.85. The molecule has 1 N–H and O–H groups in total. The molecular formula is C20H28N3O. The number of nitriles is 1. The number of methoxy groups -OCH3 is 1. The van der Waals surface area contributed by atoms with E-state index in [9.17, 15) is 0 Å². The second-order valence-electron chi connectivity index (χ2n) is 7.09. The molecule has 1 aromatic carbocycles. The van der Waals surface area contributed by atoms with Gasteiger partial charge < -0.3 is 15.0 Å². The standard InChI is InChI=1S/C20H28N3O/c1-24-12-9-20-17-5-6-18(20)15-23(14-17)11-2-10-22-19-7-3-16(13-21)4-8-19/h3-4,7-9,17-18,20,22H,2,5-6,10-12,14-15H2,1H3. The number of hydrogen-bond donors (Lipinski definition) is 1. The third kappa shape index (κ3) is 4.28. The van der Waals surface area contributed by atoms with Gasteiger partial charge in [-0.1, -0.05) is 0 Å². The molecule has 129 valence electrons. The van der Waals surface area contributed by atoms with Crippen molar-refractivity contribution < 1.29 is 4.74 Å². The highest BCUT2D eigenvalue weighted by Gasteiger charge is 2.41. The summed E-state index contributed by atoms with van der Waals surface area (Å²) in [6.07, 6.45) is 6.34. The largest absolute Gasteiger partial charge is 0.385 e. The van der Waals surface area contributed by atoms with Crippen molar-refractivity contribution in [3.63, 3.8) is 0 Å². The van der Waals surface area contributed by atoms with Crippen molar-refractivity contribution >= 4 is 5.69 Å². The number of benzene rings is 1. The summed E-state index contributed by atoms with van der Waals surface area (Å²) in [4.78, 5) is 2.65. The maximum Gasteiger partial charge on any atom is 0.0991 e. The lowest BCUT2D eigenvalue weighted by Crippen LogP contribution is -2.43. The number of nitrogens with one attached hydrogen (secondary N) is 1. The Balaban J connectivity index is 1.37. The normalized spacial score (nSPS) is 26.2. The minimum absolute atomic E-state index is 0.712. The van der Waals surface area contributed by atoms with Gasteiger partial charge in [0.15, 0.2) is 0 Å². The van der Waals surface area contributed by atoms with Gasteiger partial charge in [0.25, 0.3) is 0 Å². The Morgan fingerprint density at radius 2 is 1.96 bits per heavy atom. The quantitative estimate of drug-likeness (QED) is 0.746. The molecule has 0 aromatic heterocycles. The van der Waals surface area contributed by atoms with Crippen LogP contribution in [0.1, 0.15) is 24.8 Å². The van der Waals surface area contributed by atoms with E-state index in [0.29, 0.717) is 5.56 Å². The van der Waals surface area contributed by atoms with Gasteiger partial charge in [-0.05, 0) is 74.2 Å². The lowest BCUT2D eigenvalue weighted by Gasteiger charge is -2.38. The highest BCUT2D eigenvalue weighted by atomic mass is 16.5. The van der Waals surface area contributed by atoms with Gasteiger partial charge in [-0.15, -0.1) is 0 Å². The molecule has 2 aliphatic rings. The first-order valence-electron chi connectivity index (χ1n) is 9.09. The molecule has 2 bridgehead atoms. The second-order valence-corrected chi connectivity index (χ2v) is 7.09. The van der Waals surface area contributed by atoms with Crippen LogP contribution in [0, 0.1) is 35.5 Å². The van der Waals surface area contributed by atoms with Gasteiger partial charge >= 0.3 is 0 Å². The predicted molar refractivity (Wildman–Crippen MR) is 96.6 cm³/mol. The van der Waals surface area contributed by atoms with Gasteiger partial charge in [0.05, 0.1) is 11.6 Å². The van der Waals surface area contributed by atoms with E-state index in [1.54, 1.807) is 7.11 Å². The monoisotopic (exact) mass is 326 g/mol.